The lowest BCUT2D eigenvalue weighted by atomic mass is 10.2. The van der Waals surface area contributed by atoms with E-state index in [2.05, 4.69) is 4.72 Å². The van der Waals surface area contributed by atoms with Gasteiger partial charge in [0.2, 0.25) is 10.0 Å². The molecule has 1 aliphatic rings. The van der Waals surface area contributed by atoms with Gasteiger partial charge in [0.05, 0.1) is 24.2 Å². The SMILES string of the molecule is CC(C)Oc1ccc(OC2CC2)cc1NS(C)(=O)=O. The summed E-state index contributed by atoms with van der Waals surface area (Å²) in [6.45, 7) is 3.78. The first kappa shape index (κ1) is 14.0. The third-order valence-electron chi connectivity index (χ3n) is 2.44. The summed E-state index contributed by atoms with van der Waals surface area (Å²) in [5, 5.41) is 0. The van der Waals surface area contributed by atoms with Gasteiger partial charge < -0.3 is 9.47 Å². The molecule has 1 aromatic carbocycles. The number of sulfonamides is 1. The van der Waals surface area contributed by atoms with Gasteiger partial charge in [-0.05, 0) is 38.8 Å². The molecule has 0 spiro atoms. The van der Waals surface area contributed by atoms with Crippen LogP contribution in [0, 0.1) is 0 Å². The van der Waals surface area contributed by atoms with Crippen LogP contribution in [0.1, 0.15) is 26.7 Å². The van der Waals surface area contributed by atoms with E-state index in [1.165, 1.54) is 0 Å². The van der Waals surface area contributed by atoms with Gasteiger partial charge in [-0.15, -0.1) is 0 Å². The maximum absolute atomic E-state index is 11.4. The van der Waals surface area contributed by atoms with Crippen molar-refractivity contribution in [2.45, 2.75) is 38.9 Å². The zero-order valence-corrected chi connectivity index (χ0v) is 12.2. The molecule has 0 atom stereocenters. The second-order valence-corrected chi connectivity index (χ2v) is 6.76. The fourth-order valence-electron chi connectivity index (χ4n) is 1.60. The van der Waals surface area contributed by atoms with E-state index in [4.69, 9.17) is 9.47 Å². The Balaban J connectivity index is 2.25. The first-order valence-electron chi connectivity index (χ1n) is 6.28. The fourth-order valence-corrected chi connectivity index (χ4v) is 2.16. The molecule has 106 valence electrons. The van der Waals surface area contributed by atoms with E-state index in [0.717, 1.165) is 19.1 Å². The van der Waals surface area contributed by atoms with Crippen molar-refractivity contribution >= 4 is 15.7 Å². The molecular formula is C13H19NO4S. The van der Waals surface area contributed by atoms with Crippen LogP contribution < -0.4 is 14.2 Å². The summed E-state index contributed by atoms with van der Waals surface area (Å²) >= 11 is 0. The minimum absolute atomic E-state index is 0.0321. The Morgan fingerprint density at radius 3 is 2.53 bits per heavy atom. The molecule has 1 fully saturated rings. The summed E-state index contributed by atoms with van der Waals surface area (Å²) in [5.41, 5.74) is 0.411. The Kier molecular flexibility index (Phi) is 3.89. The van der Waals surface area contributed by atoms with E-state index in [9.17, 15) is 8.42 Å². The molecule has 0 radical (unpaired) electrons. The van der Waals surface area contributed by atoms with Crippen LogP contribution in [0.3, 0.4) is 0 Å². The molecule has 0 saturated heterocycles. The number of anilines is 1. The second-order valence-electron chi connectivity index (χ2n) is 5.02. The van der Waals surface area contributed by atoms with Crippen LogP contribution in [0.4, 0.5) is 5.69 Å². The highest BCUT2D eigenvalue weighted by molar-refractivity contribution is 7.92. The van der Waals surface area contributed by atoms with Crippen molar-refractivity contribution in [1.82, 2.24) is 0 Å². The van der Waals surface area contributed by atoms with Crippen molar-refractivity contribution in [3.05, 3.63) is 18.2 Å². The normalized spacial score (nSPS) is 15.4. The fraction of sp³-hybridized carbons (Fsp3) is 0.538. The summed E-state index contributed by atoms with van der Waals surface area (Å²) in [6, 6.07) is 5.19. The summed E-state index contributed by atoms with van der Waals surface area (Å²) in [5.74, 6) is 1.16. The Hall–Kier alpha value is -1.43. The molecule has 1 N–H and O–H groups in total. The standard InChI is InChI=1S/C13H19NO4S/c1-9(2)17-13-7-6-11(18-10-4-5-10)8-12(13)14-19(3,15)16/h6-10,14H,4-5H2,1-3H3. The zero-order chi connectivity index (χ0) is 14.0. The third-order valence-corrected chi connectivity index (χ3v) is 3.03. The van der Waals surface area contributed by atoms with Crippen molar-refractivity contribution in [3.63, 3.8) is 0 Å². The first-order valence-corrected chi connectivity index (χ1v) is 8.18. The highest BCUT2D eigenvalue weighted by atomic mass is 32.2. The van der Waals surface area contributed by atoms with Gasteiger partial charge in [0, 0.05) is 6.07 Å². The van der Waals surface area contributed by atoms with Gasteiger partial charge in [-0.25, -0.2) is 8.42 Å². The average molecular weight is 285 g/mol. The topological polar surface area (TPSA) is 64.6 Å². The van der Waals surface area contributed by atoms with Crippen molar-refractivity contribution < 1.29 is 17.9 Å². The molecule has 0 bridgehead atoms. The molecule has 0 heterocycles. The average Bonchev–Trinajstić information content (AvgIpc) is 3.03. The van der Waals surface area contributed by atoms with Gasteiger partial charge in [-0.3, -0.25) is 4.72 Å². The quantitative estimate of drug-likeness (QED) is 0.871. The maximum atomic E-state index is 11.4. The monoisotopic (exact) mass is 285 g/mol. The van der Waals surface area contributed by atoms with Crippen LogP contribution in [0.2, 0.25) is 0 Å². The molecule has 0 unspecified atom stereocenters. The van der Waals surface area contributed by atoms with Crippen molar-refractivity contribution in [3.8, 4) is 11.5 Å². The van der Waals surface area contributed by atoms with Crippen LogP contribution in [0.5, 0.6) is 11.5 Å². The summed E-state index contributed by atoms with van der Waals surface area (Å²) in [6.07, 6.45) is 3.46. The van der Waals surface area contributed by atoms with Gasteiger partial charge >= 0.3 is 0 Å². The van der Waals surface area contributed by atoms with E-state index < -0.39 is 10.0 Å². The number of ether oxygens (including phenoxy) is 2. The van der Waals surface area contributed by atoms with Crippen molar-refractivity contribution in [2.75, 3.05) is 11.0 Å². The van der Waals surface area contributed by atoms with Gasteiger partial charge in [-0.2, -0.15) is 0 Å². The van der Waals surface area contributed by atoms with Gasteiger partial charge in [0.15, 0.2) is 0 Å². The minimum atomic E-state index is -3.35. The molecule has 1 saturated carbocycles. The molecule has 5 nitrogen and oxygen atoms in total. The number of benzene rings is 1. The molecule has 0 amide bonds. The molecule has 6 heteroatoms. The minimum Gasteiger partial charge on any atom is -0.490 e. The Labute approximate surface area is 114 Å². The Bertz CT molecular complexity index is 550. The lowest BCUT2D eigenvalue weighted by Crippen LogP contribution is -2.13. The maximum Gasteiger partial charge on any atom is 0.229 e. The van der Waals surface area contributed by atoms with Crippen LogP contribution in [0.25, 0.3) is 0 Å². The Morgan fingerprint density at radius 2 is 2.00 bits per heavy atom. The molecule has 1 aromatic rings. The van der Waals surface area contributed by atoms with Gasteiger partial charge in [0.25, 0.3) is 0 Å². The largest absolute Gasteiger partial charge is 0.490 e. The van der Waals surface area contributed by atoms with Crippen LogP contribution in [-0.4, -0.2) is 26.9 Å². The number of hydrogen-bond acceptors (Lipinski definition) is 4. The number of rotatable bonds is 6. The molecule has 2 rings (SSSR count). The van der Waals surface area contributed by atoms with Crippen LogP contribution in [0.15, 0.2) is 18.2 Å². The lowest BCUT2D eigenvalue weighted by Gasteiger charge is -2.16. The molecule has 19 heavy (non-hydrogen) atoms. The second kappa shape index (κ2) is 5.28. The van der Waals surface area contributed by atoms with Crippen LogP contribution in [-0.2, 0) is 10.0 Å². The molecule has 1 aliphatic carbocycles. The third kappa shape index (κ3) is 4.63. The predicted octanol–water partition coefficient (Wildman–Crippen LogP) is 2.39. The number of hydrogen-bond donors (Lipinski definition) is 1. The van der Waals surface area contributed by atoms with Crippen molar-refractivity contribution in [1.29, 1.82) is 0 Å². The van der Waals surface area contributed by atoms with E-state index in [0.29, 0.717) is 17.2 Å². The first-order chi connectivity index (χ1) is 8.83. The Morgan fingerprint density at radius 1 is 1.32 bits per heavy atom. The summed E-state index contributed by atoms with van der Waals surface area (Å²) < 4.78 is 36.4. The van der Waals surface area contributed by atoms with E-state index in [1.54, 1.807) is 18.2 Å². The van der Waals surface area contributed by atoms with Crippen LogP contribution >= 0.6 is 0 Å². The van der Waals surface area contributed by atoms with E-state index in [-0.39, 0.29) is 12.2 Å². The smallest absolute Gasteiger partial charge is 0.229 e. The predicted molar refractivity (Wildman–Crippen MR) is 74.3 cm³/mol. The van der Waals surface area contributed by atoms with Gasteiger partial charge in [0.1, 0.15) is 11.5 Å². The summed E-state index contributed by atoms with van der Waals surface area (Å²) in [4.78, 5) is 0. The lowest BCUT2D eigenvalue weighted by molar-refractivity contribution is 0.243. The van der Waals surface area contributed by atoms with E-state index in [1.807, 2.05) is 13.8 Å². The molecule has 0 aromatic heterocycles. The molecular weight excluding hydrogens is 266 g/mol. The highest BCUT2D eigenvalue weighted by Gasteiger charge is 2.24. The van der Waals surface area contributed by atoms with Crippen molar-refractivity contribution in [2.24, 2.45) is 0 Å². The zero-order valence-electron chi connectivity index (χ0n) is 11.3. The van der Waals surface area contributed by atoms with Gasteiger partial charge in [-0.1, -0.05) is 0 Å². The summed E-state index contributed by atoms with van der Waals surface area (Å²) in [7, 11) is -3.35. The van der Waals surface area contributed by atoms with E-state index >= 15 is 0 Å². The highest BCUT2D eigenvalue weighted by Crippen LogP contribution is 2.34. The molecule has 0 aliphatic heterocycles. The number of nitrogens with one attached hydrogen (secondary N) is 1.